The van der Waals surface area contributed by atoms with Crippen molar-refractivity contribution in [1.82, 2.24) is 0 Å². The molecule has 0 aromatic carbocycles. The topological polar surface area (TPSA) is 98.3 Å². The average molecular weight is 265 g/mol. The highest BCUT2D eigenvalue weighted by Gasteiger charge is 2.06. The summed E-state index contributed by atoms with van der Waals surface area (Å²) in [4.78, 5) is 13.2. The molecule has 4 N–H and O–H groups in total. The molecule has 106 valence electrons. The van der Waals surface area contributed by atoms with Crippen molar-refractivity contribution in [2.45, 2.75) is 33.7 Å². The van der Waals surface area contributed by atoms with Gasteiger partial charge in [0.1, 0.15) is 5.76 Å². The lowest BCUT2D eigenvalue weighted by atomic mass is 10.2. The Balaban J connectivity index is 5.20. The van der Waals surface area contributed by atoms with E-state index in [1.54, 1.807) is 26.1 Å². The predicted molar refractivity (Wildman–Crippen MR) is 81.4 cm³/mol. The molecule has 0 aliphatic rings. The Morgan fingerprint density at radius 2 is 2.05 bits per heavy atom. The van der Waals surface area contributed by atoms with Gasteiger partial charge in [-0.25, -0.2) is 4.99 Å². The van der Waals surface area contributed by atoms with Crippen LogP contribution in [-0.4, -0.2) is 31.4 Å². The van der Waals surface area contributed by atoms with E-state index in [1.165, 1.54) is 0 Å². The summed E-state index contributed by atoms with van der Waals surface area (Å²) in [5, 5.41) is 3.66. The summed E-state index contributed by atoms with van der Waals surface area (Å²) in [5.74, 6) is 1.06. The molecule has 0 spiro atoms. The third kappa shape index (κ3) is 6.52. The van der Waals surface area contributed by atoms with Crippen molar-refractivity contribution in [3.05, 3.63) is 23.1 Å². The van der Waals surface area contributed by atoms with Crippen molar-refractivity contribution >= 4 is 18.8 Å². The van der Waals surface area contributed by atoms with E-state index < -0.39 is 0 Å². The van der Waals surface area contributed by atoms with Crippen LogP contribution in [0.5, 0.6) is 0 Å². The van der Waals surface area contributed by atoms with Gasteiger partial charge in [0, 0.05) is 30.1 Å². The minimum absolute atomic E-state index is 0.0331. The third-order valence-corrected chi connectivity index (χ3v) is 2.26. The van der Waals surface area contributed by atoms with Crippen molar-refractivity contribution in [2.75, 3.05) is 6.54 Å². The molecule has 6 heteroatoms. The maximum atomic E-state index is 5.96. The molecule has 1 atom stereocenters. The standard InChI is InChI=1S/C13H23N5O/c1-6-17-19-10(3)7-12(15)11(4)13(16-5)18-9(2)8-14/h6-7,9H,5,8,14-15H2,1-4H3/b10-7+,12-11?,17-6+,18-13?/t9-/m1/s1. The second-order valence-corrected chi connectivity index (χ2v) is 3.99. The zero-order valence-electron chi connectivity index (χ0n) is 12.1. The number of allylic oxidation sites excluding steroid dienone is 2. The first kappa shape index (κ1) is 17.1. The second kappa shape index (κ2) is 9.04. The van der Waals surface area contributed by atoms with Crippen molar-refractivity contribution in [1.29, 1.82) is 0 Å². The van der Waals surface area contributed by atoms with Gasteiger partial charge >= 0.3 is 0 Å². The number of nitrogens with two attached hydrogens (primary N) is 2. The van der Waals surface area contributed by atoms with Crippen molar-refractivity contribution in [3.8, 4) is 0 Å². The molecule has 0 fully saturated rings. The molecule has 0 unspecified atom stereocenters. The molecule has 0 heterocycles. The molecule has 0 bridgehead atoms. The van der Waals surface area contributed by atoms with Gasteiger partial charge in [-0.05, 0) is 34.4 Å². The number of oxime groups is 1. The molecule has 0 saturated carbocycles. The number of hydrogen-bond acceptors (Lipinski definition) is 5. The fourth-order valence-electron chi connectivity index (χ4n) is 1.14. The predicted octanol–water partition coefficient (Wildman–Crippen LogP) is 1.59. The Hall–Kier alpha value is -1.95. The second-order valence-electron chi connectivity index (χ2n) is 3.99. The van der Waals surface area contributed by atoms with Gasteiger partial charge in [0.2, 0.25) is 0 Å². The van der Waals surface area contributed by atoms with Gasteiger partial charge in [-0.1, -0.05) is 5.16 Å². The summed E-state index contributed by atoms with van der Waals surface area (Å²) < 4.78 is 0. The van der Waals surface area contributed by atoms with Gasteiger partial charge in [0.15, 0.2) is 5.84 Å². The first-order chi connectivity index (χ1) is 8.96. The zero-order valence-corrected chi connectivity index (χ0v) is 12.1. The molecule has 0 aliphatic heterocycles. The van der Waals surface area contributed by atoms with Crippen LogP contribution in [0.2, 0.25) is 0 Å². The van der Waals surface area contributed by atoms with Crippen LogP contribution < -0.4 is 11.5 Å². The number of nitrogens with zero attached hydrogens (tertiary/aromatic N) is 3. The van der Waals surface area contributed by atoms with E-state index in [-0.39, 0.29) is 6.04 Å². The van der Waals surface area contributed by atoms with Gasteiger partial charge in [-0.3, -0.25) is 4.99 Å². The highest BCUT2D eigenvalue weighted by Crippen LogP contribution is 2.08. The minimum atomic E-state index is -0.0331. The quantitative estimate of drug-likeness (QED) is 0.251. The Labute approximate surface area is 114 Å². The Bertz CT molecular complexity index is 421. The van der Waals surface area contributed by atoms with Crippen LogP contribution in [0.15, 0.2) is 38.2 Å². The summed E-state index contributed by atoms with van der Waals surface area (Å²) in [6.45, 7) is 11.2. The molecule has 6 nitrogen and oxygen atoms in total. The number of amidine groups is 1. The van der Waals surface area contributed by atoms with Crippen LogP contribution in [-0.2, 0) is 4.84 Å². The lowest BCUT2D eigenvalue weighted by Gasteiger charge is -2.08. The fraction of sp³-hybridized carbons (Fsp3) is 0.462. The monoisotopic (exact) mass is 265 g/mol. The molecule has 0 radical (unpaired) electrons. The van der Waals surface area contributed by atoms with Crippen LogP contribution in [0.1, 0.15) is 27.7 Å². The average Bonchev–Trinajstić information content (AvgIpc) is 2.41. The van der Waals surface area contributed by atoms with Gasteiger partial charge < -0.3 is 16.3 Å². The van der Waals surface area contributed by atoms with Crippen LogP contribution in [0.3, 0.4) is 0 Å². The Morgan fingerprint density at radius 1 is 1.42 bits per heavy atom. The number of rotatable bonds is 6. The van der Waals surface area contributed by atoms with Crippen molar-refractivity contribution in [2.24, 2.45) is 26.6 Å². The van der Waals surface area contributed by atoms with Gasteiger partial charge in [0.05, 0.1) is 6.04 Å². The first-order valence-corrected chi connectivity index (χ1v) is 6.00. The van der Waals surface area contributed by atoms with Gasteiger partial charge in [0.25, 0.3) is 0 Å². The number of hydrogen-bond donors (Lipinski definition) is 2. The Kier molecular flexibility index (Phi) is 8.12. The van der Waals surface area contributed by atoms with E-state index in [1.807, 2.05) is 13.8 Å². The van der Waals surface area contributed by atoms with E-state index in [4.69, 9.17) is 16.3 Å². The summed E-state index contributed by atoms with van der Waals surface area (Å²) >= 11 is 0. The largest absolute Gasteiger partial charge is 0.398 e. The van der Waals surface area contributed by atoms with Crippen LogP contribution in [0.4, 0.5) is 0 Å². The van der Waals surface area contributed by atoms with Crippen LogP contribution >= 0.6 is 0 Å². The molecule has 0 saturated heterocycles. The first-order valence-electron chi connectivity index (χ1n) is 6.00. The van der Waals surface area contributed by atoms with E-state index in [0.717, 1.165) is 5.57 Å². The lowest BCUT2D eigenvalue weighted by Crippen LogP contribution is -2.17. The summed E-state index contributed by atoms with van der Waals surface area (Å²) in [6.07, 6.45) is 3.21. The van der Waals surface area contributed by atoms with Gasteiger partial charge in [-0.15, -0.1) is 0 Å². The molecule has 0 aromatic heterocycles. The van der Waals surface area contributed by atoms with E-state index in [0.29, 0.717) is 23.8 Å². The van der Waals surface area contributed by atoms with Gasteiger partial charge in [-0.2, -0.15) is 0 Å². The summed E-state index contributed by atoms with van der Waals surface area (Å²) in [5.41, 5.74) is 12.7. The SMILES string of the molecule is C=NC(=N[C@H](C)CN)C(C)=C(N)/C=C(\C)O/N=C/C. The number of aliphatic imine (C=N–C) groups is 2. The third-order valence-electron chi connectivity index (χ3n) is 2.26. The maximum absolute atomic E-state index is 5.96. The van der Waals surface area contributed by atoms with Crippen molar-refractivity contribution < 1.29 is 4.84 Å². The molecule has 0 amide bonds. The highest BCUT2D eigenvalue weighted by molar-refractivity contribution is 6.01. The van der Waals surface area contributed by atoms with Crippen LogP contribution in [0, 0.1) is 0 Å². The normalized spacial score (nSPS) is 16.3. The molecule has 0 aliphatic carbocycles. The molecule has 0 aromatic rings. The summed E-state index contributed by atoms with van der Waals surface area (Å²) in [6, 6.07) is -0.0331. The highest BCUT2D eigenvalue weighted by atomic mass is 16.6. The molecule has 0 rings (SSSR count). The van der Waals surface area contributed by atoms with Crippen molar-refractivity contribution in [3.63, 3.8) is 0 Å². The lowest BCUT2D eigenvalue weighted by molar-refractivity contribution is 0.231. The van der Waals surface area contributed by atoms with E-state index in [2.05, 4.69) is 21.9 Å². The fourth-order valence-corrected chi connectivity index (χ4v) is 1.14. The maximum Gasteiger partial charge on any atom is 0.151 e. The Morgan fingerprint density at radius 3 is 2.53 bits per heavy atom. The molecular weight excluding hydrogens is 242 g/mol. The smallest absolute Gasteiger partial charge is 0.151 e. The zero-order chi connectivity index (χ0) is 14.8. The molecular formula is C13H23N5O. The van der Waals surface area contributed by atoms with Crippen LogP contribution in [0.25, 0.3) is 0 Å². The van der Waals surface area contributed by atoms with E-state index in [9.17, 15) is 0 Å². The summed E-state index contributed by atoms with van der Waals surface area (Å²) in [7, 11) is 0. The minimum Gasteiger partial charge on any atom is -0.398 e. The molecule has 19 heavy (non-hydrogen) atoms. The van der Waals surface area contributed by atoms with E-state index >= 15 is 0 Å².